The number of aromatic nitrogens is 5. The second-order valence-electron chi connectivity index (χ2n) is 7.79. The average molecular weight is 495 g/mol. The molecule has 0 spiro atoms. The lowest BCUT2D eigenvalue weighted by molar-refractivity contribution is -0.140. The molecule has 0 aliphatic rings. The van der Waals surface area contributed by atoms with E-state index in [1.54, 1.807) is 18.5 Å². The van der Waals surface area contributed by atoms with Crippen molar-refractivity contribution in [2.75, 3.05) is 5.32 Å². The fourth-order valence-electron chi connectivity index (χ4n) is 3.66. The van der Waals surface area contributed by atoms with Crippen LogP contribution in [0.25, 0.3) is 38.6 Å². The number of nitrogens with zero attached hydrogens (tertiary/aromatic N) is 5. The Labute approximate surface area is 201 Å². The zero-order chi connectivity index (χ0) is 24.7. The highest BCUT2D eigenvalue weighted by molar-refractivity contribution is 7.19. The van der Waals surface area contributed by atoms with Crippen LogP contribution in [0, 0.1) is 6.92 Å². The molecule has 0 aliphatic heterocycles. The molecular formula is C24H17F3N6OS. The summed E-state index contributed by atoms with van der Waals surface area (Å²) in [5.74, 6) is -0.193. The van der Waals surface area contributed by atoms with E-state index in [9.17, 15) is 18.0 Å². The van der Waals surface area contributed by atoms with Gasteiger partial charge in [-0.15, -0.1) is 0 Å². The Kier molecular flexibility index (Phi) is 5.56. The predicted molar refractivity (Wildman–Crippen MR) is 127 cm³/mol. The Morgan fingerprint density at radius 2 is 1.89 bits per heavy atom. The number of nitrogens with one attached hydrogen (secondary N) is 1. The van der Waals surface area contributed by atoms with Crippen molar-refractivity contribution in [2.45, 2.75) is 20.0 Å². The first-order chi connectivity index (χ1) is 16.7. The van der Waals surface area contributed by atoms with Gasteiger partial charge in [-0.25, -0.2) is 14.5 Å². The van der Waals surface area contributed by atoms with Crippen LogP contribution in [-0.4, -0.2) is 30.5 Å². The van der Waals surface area contributed by atoms with Crippen LogP contribution < -0.4 is 5.32 Å². The van der Waals surface area contributed by atoms with Crippen LogP contribution in [0.5, 0.6) is 0 Å². The Hall–Kier alpha value is -4.12. The molecular weight excluding hydrogens is 477 g/mol. The maximum atomic E-state index is 13.4. The standard InChI is InChI=1S/C24H17F3N6OS/c1-13-5-6-15(10-17(13)20-11-29-23(35-20)30-14(2)34)19-12-33-21(31-19)8-7-18(32-33)16-4-3-9-28-22(16)24(25,26)27/h3-12H,1-2H3,(H,29,30,34). The number of pyridine rings is 1. The molecule has 0 atom stereocenters. The minimum Gasteiger partial charge on any atom is -0.302 e. The number of aryl methyl sites for hydroxylation is 1. The van der Waals surface area contributed by atoms with E-state index in [4.69, 9.17) is 0 Å². The molecule has 0 aliphatic carbocycles. The smallest absolute Gasteiger partial charge is 0.302 e. The Morgan fingerprint density at radius 3 is 2.66 bits per heavy atom. The summed E-state index contributed by atoms with van der Waals surface area (Å²) in [5, 5.41) is 7.55. The van der Waals surface area contributed by atoms with Crippen molar-refractivity contribution >= 4 is 28.0 Å². The molecule has 35 heavy (non-hydrogen) atoms. The maximum absolute atomic E-state index is 13.4. The maximum Gasteiger partial charge on any atom is 0.434 e. The molecule has 1 amide bonds. The van der Waals surface area contributed by atoms with E-state index >= 15 is 0 Å². The van der Waals surface area contributed by atoms with Gasteiger partial charge in [0.05, 0.1) is 22.5 Å². The van der Waals surface area contributed by atoms with Crippen LogP contribution in [-0.2, 0) is 11.0 Å². The largest absolute Gasteiger partial charge is 0.434 e. The average Bonchev–Trinajstić information content (AvgIpc) is 3.45. The molecule has 7 nitrogen and oxygen atoms in total. The summed E-state index contributed by atoms with van der Waals surface area (Å²) in [6, 6.07) is 11.7. The van der Waals surface area contributed by atoms with E-state index in [0.717, 1.165) is 27.8 Å². The van der Waals surface area contributed by atoms with Crippen molar-refractivity contribution in [2.24, 2.45) is 0 Å². The van der Waals surface area contributed by atoms with Gasteiger partial charge in [-0.3, -0.25) is 9.78 Å². The molecule has 1 aromatic carbocycles. The van der Waals surface area contributed by atoms with E-state index in [1.165, 1.54) is 41.0 Å². The molecule has 0 saturated carbocycles. The van der Waals surface area contributed by atoms with Gasteiger partial charge in [0.1, 0.15) is 0 Å². The van der Waals surface area contributed by atoms with Crippen molar-refractivity contribution in [1.82, 2.24) is 24.6 Å². The van der Waals surface area contributed by atoms with Gasteiger partial charge in [0.25, 0.3) is 0 Å². The van der Waals surface area contributed by atoms with E-state index in [0.29, 0.717) is 16.5 Å². The minimum absolute atomic E-state index is 0.102. The zero-order valence-electron chi connectivity index (χ0n) is 18.5. The van der Waals surface area contributed by atoms with Gasteiger partial charge in [0.2, 0.25) is 5.91 Å². The van der Waals surface area contributed by atoms with Crippen LogP contribution in [0.2, 0.25) is 0 Å². The highest BCUT2D eigenvalue weighted by atomic mass is 32.1. The van der Waals surface area contributed by atoms with Gasteiger partial charge in [-0.1, -0.05) is 23.5 Å². The molecule has 5 aromatic rings. The highest BCUT2D eigenvalue weighted by Crippen LogP contribution is 2.36. The third-order valence-electron chi connectivity index (χ3n) is 5.26. The van der Waals surface area contributed by atoms with Gasteiger partial charge >= 0.3 is 6.18 Å². The first kappa shape index (κ1) is 22.7. The highest BCUT2D eigenvalue weighted by Gasteiger charge is 2.35. The Bertz CT molecular complexity index is 1570. The molecule has 0 fully saturated rings. The summed E-state index contributed by atoms with van der Waals surface area (Å²) in [5.41, 5.74) is 2.93. The molecule has 4 aromatic heterocycles. The number of imidazole rings is 1. The normalized spacial score (nSPS) is 11.7. The van der Waals surface area contributed by atoms with Crippen molar-refractivity contribution in [3.05, 3.63) is 72.3 Å². The first-order valence-corrected chi connectivity index (χ1v) is 11.2. The number of halogens is 3. The number of hydrogen-bond donors (Lipinski definition) is 1. The van der Waals surface area contributed by atoms with Gasteiger partial charge in [-0.2, -0.15) is 18.3 Å². The van der Waals surface area contributed by atoms with Crippen molar-refractivity contribution in [3.8, 4) is 33.0 Å². The molecule has 1 N–H and O–H groups in total. The van der Waals surface area contributed by atoms with Gasteiger partial charge < -0.3 is 5.32 Å². The SMILES string of the molecule is CC(=O)Nc1ncc(-c2cc(-c3cn4nc(-c5cccnc5C(F)(F)F)ccc4n3)ccc2C)s1. The van der Waals surface area contributed by atoms with Crippen molar-refractivity contribution in [1.29, 1.82) is 0 Å². The molecule has 0 bridgehead atoms. The third-order valence-corrected chi connectivity index (χ3v) is 6.21. The van der Waals surface area contributed by atoms with E-state index < -0.39 is 11.9 Å². The van der Waals surface area contributed by atoms with Crippen molar-refractivity contribution < 1.29 is 18.0 Å². The second kappa shape index (κ2) is 8.58. The summed E-state index contributed by atoms with van der Waals surface area (Å²) in [4.78, 5) is 24.5. The molecule has 176 valence electrons. The number of fused-ring (bicyclic) bond motifs is 1. The minimum atomic E-state index is -4.60. The summed E-state index contributed by atoms with van der Waals surface area (Å²) >= 11 is 1.36. The number of alkyl halides is 3. The lowest BCUT2D eigenvalue weighted by Gasteiger charge is -2.10. The van der Waals surface area contributed by atoms with Gasteiger partial charge in [0, 0.05) is 30.4 Å². The zero-order valence-corrected chi connectivity index (χ0v) is 19.3. The Balaban J connectivity index is 1.53. The number of hydrogen-bond acceptors (Lipinski definition) is 6. The van der Waals surface area contributed by atoms with E-state index in [-0.39, 0.29) is 17.2 Å². The predicted octanol–water partition coefficient (Wildman–Crippen LogP) is 5.87. The van der Waals surface area contributed by atoms with Crippen LogP contribution in [0.1, 0.15) is 18.2 Å². The molecule has 5 rings (SSSR count). The summed E-state index contributed by atoms with van der Waals surface area (Å²) in [7, 11) is 0. The molecule has 0 radical (unpaired) electrons. The van der Waals surface area contributed by atoms with Gasteiger partial charge in [0.15, 0.2) is 16.5 Å². The second-order valence-corrected chi connectivity index (χ2v) is 8.82. The van der Waals surface area contributed by atoms with Gasteiger partial charge in [-0.05, 0) is 48.4 Å². The topological polar surface area (TPSA) is 85.1 Å². The number of carbonyl (C=O) groups is 1. The number of rotatable bonds is 4. The molecule has 0 saturated heterocycles. The van der Waals surface area contributed by atoms with Crippen LogP contribution >= 0.6 is 11.3 Å². The lowest BCUT2D eigenvalue weighted by Crippen LogP contribution is -2.10. The monoisotopic (exact) mass is 494 g/mol. The summed E-state index contributed by atoms with van der Waals surface area (Å²) < 4.78 is 41.7. The fourth-order valence-corrected chi connectivity index (χ4v) is 4.60. The number of thiazole rings is 1. The molecule has 4 heterocycles. The lowest BCUT2D eigenvalue weighted by atomic mass is 10.0. The van der Waals surface area contributed by atoms with E-state index in [2.05, 4.69) is 25.4 Å². The fraction of sp³-hybridized carbons (Fsp3) is 0.125. The third kappa shape index (κ3) is 4.50. The number of amides is 1. The number of anilines is 1. The van der Waals surface area contributed by atoms with Crippen molar-refractivity contribution in [3.63, 3.8) is 0 Å². The van der Waals surface area contributed by atoms with Crippen LogP contribution in [0.4, 0.5) is 18.3 Å². The Morgan fingerprint density at radius 1 is 1.06 bits per heavy atom. The van der Waals surface area contributed by atoms with Crippen LogP contribution in [0.3, 0.4) is 0 Å². The number of carbonyl (C=O) groups excluding carboxylic acids is 1. The number of benzene rings is 1. The first-order valence-electron chi connectivity index (χ1n) is 10.4. The summed E-state index contributed by atoms with van der Waals surface area (Å²) in [6.07, 6.45) is -0.114. The quantitative estimate of drug-likeness (QED) is 0.338. The summed E-state index contributed by atoms with van der Waals surface area (Å²) in [6.45, 7) is 3.40. The van der Waals surface area contributed by atoms with E-state index in [1.807, 2.05) is 25.1 Å². The van der Waals surface area contributed by atoms with Crippen LogP contribution in [0.15, 0.2) is 61.1 Å². The molecule has 11 heteroatoms. The molecule has 0 unspecified atom stereocenters.